The van der Waals surface area contributed by atoms with Crippen molar-refractivity contribution in [2.75, 3.05) is 25.1 Å². The van der Waals surface area contributed by atoms with Crippen molar-refractivity contribution in [1.82, 2.24) is 10.3 Å². The number of benzene rings is 1. The third-order valence-electron chi connectivity index (χ3n) is 3.57. The van der Waals surface area contributed by atoms with Gasteiger partial charge in [-0.3, -0.25) is 11.3 Å². The zero-order valence-electron chi connectivity index (χ0n) is 10.9. The lowest BCUT2D eigenvalue weighted by molar-refractivity contribution is 0.213. The summed E-state index contributed by atoms with van der Waals surface area (Å²) in [5.74, 6) is 6.84. The number of hydrogen-bond acceptors (Lipinski definition) is 4. The highest BCUT2D eigenvalue weighted by atomic mass is 32.2. The number of thioether (sulfide) groups is 1. The van der Waals surface area contributed by atoms with Crippen LogP contribution in [0.2, 0.25) is 0 Å². The second-order valence-corrected chi connectivity index (χ2v) is 5.99. The van der Waals surface area contributed by atoms with Crippen LogP contribution < -0.4 is 11.3 Å². The fourth-order valence-corrected chi connectivity index (χ4v) is 3.68. The van der Waals surface area contributed by atoms with E-state index in [9.17, 15) is 8.78 Å². The molecule has 3 nitrogen and oxygen atoms in total. The van der Waals surface area contributed by atoms with Crippen molar-refractivity contribution >= 4 is 11.8 Å². The molecular weight excluding hydrogens is 268 g/mol. The normalized spacial score (nSPS) is 22.4. The SMILES string of the molecule is CN1CCSCC1C(Cc1cc(F)ccc1F)NN. The molecule has 0 spiro atoms. The van der Waals surface area contributed by atoms with Gasteiger partial charge in [0.2, 0.25) is 0 Å². The van der Waals surface area contributed by atoms with Crippen LogP contribution in [0.1, 0.15) is 5.56 Å². The molecule has 106 valence electrons. The van der Waals surface area contributed by atoms with Gasteiger partial charge in [-0.25, -0.2) is 8.78 Å². The maximum atomic E-state index is 13.7. The van der Waals surface area contributed by atoms with Crippen molar-refractivity contribution < 1.29 is 8.78 Å². The molecule has 1 aromatic rings. The van der Waals surface area contributed by atoms with E-state index in [1.165, 1.54) is 6.07 Å². The average Bonchev–Trinajstić information content (AvgIpc) is 2.41. The summed E-state index contributed by atoms with van der Waals surface area (Å²) in [6, 6.07) is 3.68. The summed E-state index contributed by atoms with van der Waals surface area (Å²) in [4.78, 5) is 2.22. The molecule has 2 rings (SSSR count). The Hall–Kier alpha value is -0.690. The van der Waals surface area contributed by atoms with Crippen LogP contribution in [0.5, 0.6) is 0 Å². The first-order valence-corrected chi connectivity index (χ1v) is 7.45. The van der Waals surface area contributed by atoms with Crippen LogP contribution in [0.3, 0.4) is 0 Å². The molecule has 1 fully saturated rings. The maximum absolute atomic E-state index is 13.7. The molecule has 1 aliphatic rings. The van der Waals surface area contributed by atoms with E-state index in [0.29, 0.717) is 12.0 Å². The van der Waals surface area contributed by atoms with E-state index in [1.54, 1.807) is 0 Å². The molecule has 19 heavy (non-hydrogen) atoms. The minimum Gasteiger partial charge on any atom is -0.300 e. The Morgan fingerprint density at radius 1 is 1.53 bits per heavy atom. The largest absolute Gasteiger partial charge is 0.300 e. The first kappa shape index (κ1) is 14.7. The van der Waals surface area contributed by atoms with Crippen molar-refractivity contribution in [3.63, 3.8) is 0 Å². The third kappa shape index (κ3) is 3.66. The Morgan fingerprint density at radius 3 is 3.00 bits per heavy atom. The molecule has 0 radical (unpaired) electrons. The van der Waals surface area contributed by atoms with Crippen molar-refractivity contribution in [3.05, 3.63) is 35.4 Å². The van der Waals surface area contributed by atoms with Gasteiger partial charge in [-0.1, -0.05) is 0 Å². The van der Waals surface area contributed by atoms with Gasteiger partial charge in [-0.2, -0.15) is 11.8 Å². The minimum absolute atomic E-state index is 0.0888. The highest BCUT2D eigenvalue weighted by Crippen LogP contribution is 2.20. The topological polar surface area (TPSA) is 41.3 Å². The van der Waals surface area contributed by atoms with Crippen molar-refractivity contribution in [2.24, 2.45) is 5.84 Å². The monoisotopic (exact) mass is 287 g/mol. The quantitative estimate of drug-likeness (QED) is 0.648. The highest BCUT2D eigenvalue weighted by molar-refractivity contribution is 7.99. The number of nitrogens with two attached hydrogens (primary N) is 1. The number of nitrogens with one attached hydrogen (secondary N) is 1. The van der Waals surface area contributed by atoms with E-state index in [0.717, 1.165) is 30.2 Å². The van der Waals surface area contributed by atoms with Crippen LogP contribution in [-0.2, 0) is 6.42 Å². The summed E-state index contributed by atoms with van der Waals surface area (Å²) in [6.07, 6.45) is 0.385. The predicted octanol–water partition coefficient (Wildman–Crippen LogP) is 1.39. The van der Waals surface area contributed by atoms with Crippen molar-refractivity contribution in [2.45, 2.75) is 18.5 Å². The molecule has 2 atom stereocenters. The molecule has 3 N–H and O–H groups in total. The number of halogens is 2. The summed E-state index contributed by atoms with van der Waals surface area (Å²) in [6.45, 7) is 0.985. The molecule has 0 saturated carbocycles. The first-order valence-electron chi connectivity index (χ1n) is 6.30. The fourth-order valence-electron chi connectivity index (χ4n) is 2.37. The van der Waals surface area contributed by atoms with E-state index in [-0.39, 0.29) is 17.9 Å². The lowest BCUT2D eigenvalue weighted by Crippen LogP contribution is -2.55. The first-order chi connectivity index (χ1) is 9.11. The van der Waals surface area contributed by atoms with E-state index in [1.807, 2.05) is 18.8 Å². The van der Waals surface area contributed by atoms with E-state index in [2.05, 4.69) is 10.3 Å². The van der Waals surface area contributed by atoms with Crippen molar-refractivity contribution in [3.8, 4) is 0 Å². The maximum Gasteiger partial charge on any atom is 0.126 e. The van der Waals surface area contributed by atoms with E-state index < -0.39 is 5.82 Å². The molecule has 0 amide bonds. The molecule has 6 heteroatoms. The molecule has 2 unspecified atom stereocenters. The van der Waals surface area contributed by atoms with Gasteiger partial charge in [-0.05, 0) is 37.2 Å². The molecule has 0 aliphatic carbocycles. The summed E-state index contributed by atoms with van der Waals surface area (Å²) < 4.78 is 26.9. The minimum atomic E-state index is -0.418. The lowest BCUT2D eigenvalue weighted by Gasteiger charge is -2.37. The van der Waals surface area contributed by atoms with Gasteiger partial charge >= 0.3 is 0 Å². The smallest absolute Gasteiger partial charge is 0.126 e. The van der Waals surface area contributed by atoms with Gasteiger partial charge in [0, 0.05) is 30.1 Å². The molecule has 1 aromatic carbocycles. The van der Waals surface area contributed by atoms with Crippen LogP contribution in [-0.4, -0.2) is 42.1 Å². The Bertz CT molecular complexity index is 430. The summed E-state index contributed by atoms with van der Waals surface area (Å²) in [5, 5.41) is 0. The van der Waals surface area contributed by atoms with Crippen LogP contribution in [0.4, 0.5) is 8.78 Å². The fraction of sp³-hybridized carbons (Fsp3) is 0.538. The Morgan fingerprint density at radius 2 is 2.32 bits per heavy atom. The lowest BCUT2D eigenvalue weighted by atomic mass is 9.99. The highest BCUT2D eigenvalue weighted by Gasteiger charge is 2.28. The molecule has 0 aromatic heterocycles. The summed E-state index contributed by atoms with van der Waals surface area (Å²) in [5.41, 5.74) is 3.12. The van der Waals surface area contributed by atoms with Crippen molar-refractivity contribution in [1.29, 1.82) is 0 Å². The Kier molecular flexibility index (Phi) is 5.15. The number of nitrogens with zero attached hydrogens (tertiary/aromatic N) is 1. The zero-order valence-corrected chi connectivity index (χ0v) is 11.7. The molecule has 1 heterocycles. The number of likely N-dealkylation sites (N-methyl/N-ethyl adjacent to an activating group) is 1. The second kappa shape index (κ2) is 6.65. The van der Waals surface area contributed by atoms with Crippen LogP contribution in [0, 0.1) is 11.6 Å². The van der Waals surface area contributed by atoms with Gasteiger partial charge in [0.05, 0.1) is 0 Å². The summed E-state index contributed by atoms with van der Waals surface area (Å²) >= 11 is 1.86. The average molecular weight is 287 g/mol. The van der Waals surface area contributed by atoms with Crippen LogP contribution in [0.15, 0.2) is 18.2 Å². The zero-order chi connectivity index (χ0) is 13.8. The molecular formula is C13H19F2N3S. The van der Waals surface area contributed by atoms with E-state index in [4.69, 9.17) is 5.84 Å². The van der Waals surface area contributed by atoms with Gasteiger partial charge in [-0.15, -0.1) is 0 Å². The molecule has 0 bridgehead atoms. The number of rotatable bonds is 4. The predicted molar refractivity (Wildman–Crippen MR) is 74.9 cm³/mol. The van der Waals surface area contributed by atoms with Gasteiger partial charge in [0.1, 0.15) is 11.6 Å². The second-order valence-electron chi connectivity index (χ2n) is 4.84. The molecule has 1 saturated heterocycles. The third-order valence-corrected chi connectivity index (χ3v) is 4.62. The van der Waals surface area contributed by atoms with Crippen LogP contribution >= 0.6 is 11.8 Å². The molecule has 1 aliphatic heterocycles. The Labute approximate surface area is 116 Å². The van der Waals surface area contributed by atoms with E-state index >= 15 is 0 Å². The number of hydrogen-bond donors (Lipinski definition) is 2. The standard InChI is InChI=1S/C13H19F2N3S/c1-18-4-5-19-8-13(18)12(17-16)7-9-6-10(14)2-3-11(9)15/h2-3,6,12-13,17H,4-5,7-8,16H2,1H3. The van der Waals surface area contributed by atoms with Gasteiger partial charge in [0.25, 0.3) is 0 Å². The number of hydrazine groups is 1. The summed E-state index contributed by atoms with van der Waals surface area (Å²) in [7, 11) is 2.04. The Balaban J connectivity index is 2.11. The van der Waals surface area contributed by atoms with Crippen LogP contribution in [0.25, 0.3) is 0 Å². The van der Waals surface area contributed by atoms with Gasteiger partial charge < -0.3 is 4.90 Å². The van der Waals surface area contributed by atoms with Gasteiger partial charge in [0.15, 0.2) is 0 Å².